The first-order chi connectivity index (χ1) is 12.9. The number of phenols is 1. The molecular weight excluding hydrogens is 379 g/mol. The third-order valence-electron chi connectivity index (χ3n) is 3.77. The van der Waals surface area contributed by atoms with Crippen LogP contribution in [-0.4, -0.2) is 24.9 Å². The zero-order valence-electron chi connectivity index (χ0n) is 13.6. The third kappa shape index (κ3) is 3.70. The van der Waals surface area contributed by atoms with Crippen LogP contribution in [0, 0.1) is 0 Å². The first-order valence-electron chi connectivity index (χ1n) is 7.82. The molecule has 2 aromatic carbocycles. The quantitative estimate of drug-likeness (QED) is 0.544. The molecule has 4 rings (SSSR count). The molecule has 2 aromatic heterocycles. The lowest BCUT2D eigenvalue weighted by Crippen LogP contribution is -2.05. The fraction of sp³-hybridized carbons (Fsp3) is 0.118. The number of nitrogens with one attached hydrogen (secondary N) is 1. The van der Waals surface area contributed by atoms with E-state index in [-0.39, 0.29) is 11.4 Å². The summed E-state index contributed by atoms with van der Waals surface area (Å²) < 4.78 is 40.0. The maximum absolute atomic E-state index is 12.8. The van der Waals surface area contributed by atoms with Crippen molar-refractivity contribution in [2.75, 3.05) is 5.32 Å². The summed E-state index contributed by atoms with van der Waals surface area (Å²) in [7, 11) is 0. The zero-order valence-corrected chi connectivity index (χ0v) is 14.4. The van der Waals surface area contributed by atoms with Crippen molar-refractivity contribution in [1.29, 1.82) is 0 Å². The van der Waals surface area contributed by atoms with Crippen molar-refractivity contribution in [3.63, 3.8) is 0 Å². The van der Waals surface area contributed by atoms with E-state index < -0.39 is 11.7 Å². The Balaban J connectivity index is 1.59. The van der Waals surface area contributed by atoms with Gasteiger partial charge in [-0.3, -0.25) is 0 Å². The maximum atomic E-state index is 12.8. The molecule has 10 heteroatoms. The predicted molar refractivity (Wildman–Crippen MR) is 94.3 cm³/mol. The smallest absolute Gasteiger partial charge is 0.416 e. The van der Waals surface area contributed by atoms with E-state index in [1.54, 1.807) is 18.2 Å². The van der Waals surface area contributed by atoms with Crippen LogP contribution in [0.1, 0.15) is 17.0 Å². The summed E-state index contributed by atoms with van der Waals surface area (Å²) in [4.78, 5) is 0.514. The Bertz CT molecular complexity index is 1110. The Labute approximate surface area is 154 Å². The largest absolute Gasteiger partial charge is 0.508 e. The topological polar surface area (TPSA) is 75.3 Å². The monoisotopic (exact) mass is 391 g/mol. The van der Waals surface area contributed by atoms with Gasteiger partial charge in [-0.25, -0.2) is 0 Å². The SMILES string of the molecule is Oc1cccc(Cc2nnc3sc(Nc4cccc(C(F)(F)F)c4)nn23)c1. The molecule has 2 N–H and O–H groups in total. The summed E-state index contributed by atoms with van der Waals surface area (Å²) in [6.07, 6.45) is -4.00. The van der Waals surface area contributed by atoms with Gasteiger partial charge in [0, 0.05) is 12.1 Å². The van der Waals surface area contributed by atoms with Crippen molar-refractivity contribution in [2.45, 2.75) is 12.6 Å². The number of benzene rings is 2. The molecule has 0 aliphatic heterocycles. The van der Waals surface area contributed by atoms with Crippen molar-refractivity contribution >= 4 is 27.1 Å². The highest BCUT2D eigenvalue weighted by Crippen LogP contribution is 2.32. The lowest BCUT2D eigenvalue weighted by Gasteiger charge is -2.08. The van der Waals surface area contributed by atoms with Gasteiger partial charge in [-0.15, -0.1) is 15.3 Å². The normalized spacial score (nSPS) is 11.8. The highest BCUT2D eigenvalue weighted by atomic mass is 32.1. The van der Waals surface area contributed by atoms with Gasteiger partial charge in [0.25, 0.3) is 0 Å². The fourth-order valence-corrected chi connectivity index (χ4v) is 3.34. The molecule has 0 radical (unpaired) electrons. The minimum absolute atomic E-state index is 0.151. The number of phenolic OH excluding ortho intramolecular Hbond substituents is 1. The first-order valence-corrected chi connectivity index (χ1v) is 8.63. The Morgan fingerprint density at radius 1 is 1.07 bits per heavy atom. The minimum atomic E-state index is -4.41. The molecule has 0 aliphatic rings. The molecule has 0 saturated carbocycles. The van der Waals surface area contributed by atoms with E-state index >= 15 is 0 Å². The number of rotatable bonds is 4. The van der Waals surface area contributed by atoms with Gasteiger partial charge in [0.05, 0.1) is 5.56 Å². The maximum Gasteiger partial charge on any atom is 0.416 e. The van der Waals surface area contributed by atoms with Gasteiger partial charge < -0.3 is 10.4 Å². The highest BCUT2D eigenvalue weighted by molar-refractivity contribution is 7.20. The van der Waals surface area contributed by atoms with E-state index in [0.717, 1.165) is 17.7 Å². The van der Waals surface area contributed by atoms with Gasteiger partial charge in [0.1, 0.15) is 5.75 Å². The molecule has 0 bridgehead atoms. The second kappa shape index (κ2) is 6.54. The van der Waals surface area contributed by atoms with Crippen LogP contribution >= 0.6 is 11.3 Å². The van der Waals surface area contributed by atoms with Gasteiger partial charge >= 0.3 is 6.18 Å². The number of nitrogens with zero attached hydrogens (tertiary/aromatic N) is 4. The van der Waals surface area contributed by atoms with Gasteiger partial charge in [-0.2, -0.15) is 17.7 Å². The molecule has 6 nitrogen and oxygen atoms in total. The summed E-state index contributed by atoms with van der Waals surface area (Å²) >= 11 is 1.18. The minimum Gasteiger partial charge on any atom is -0.508 e. The first kappa shape index (κ1) is 17.3. The van der Waals surface area contributed by atoms with E-state index in [4.69, 9.17) is 0 Å². The van der Waals surface area contributed by atoms with Crippen LogP contribution in [0.4, 0.5) is 24.0 Å². The molecule has 0 fully saturated rings. The van der Waals surface area contributed by atoms with E-state index in [9.17, 15) is 18.3 Å². The lowest BCUT2D eigenvalue weighted by molar-refractivity contribution is -0.137. The molecule has 138 valence electrons. The standard InChI is InChI=1S/C17H12F3N5OS/c18-17(19,20)11-4-2-5-12(9-11)21-15-24-25-14(22-23-16(25)27-15)8-10-3-1-6-13(26)7-10/h1-7,9,26H,8H2,(H,21,24). The number of hydrogen-bond donors (Lipinski definition) is 2. The van der Waals surface area contributed by atoms with Crippen molar-refractivity contribution in [3.05, 3.63) is 65.5 Å². The second-order valence-corrected chi connectivity index (χ2v) is 6.72. The van der Waals surface area contributed by atoms with Crippen molar-refractivity contribution in [2.24, 2.45) is 0 Å². The Hall–Kier alpha value is -3.14. The lowest BCUT2D eigenvalue weighted by atomic mass is 10.1. The molecular formula is C17H12F3N5OS. The van der Waals surface area contributed by atoms with E-state index in [1.165, 1.54) is 28.0 Å². The van der Waals surface area contributed by atoms with Crippen LogP contribution in [0.15, 0.2) is 48.5 Å². The summed E-state index contributed by atoms with van der Waals surface area (Å²) in [6, 6.07) is 11.7. The molecule has 2 heterocycles. The average Bonchev–Trinajstić information content (AvgIpc) is 3.16. The van der Waals surface area contributed by atoms with Crippen molar-refractivity contribution in [3.8, 4) is 5.75 Å². The number of hydrogen-bond acceptors (Lipinski definition) is 6. The van der Waals surface area contributed by atoms with Crippen molar-refractivity contribution < 1.29 is 18.3 Å². The van der Waals surface area contributed by atoms with Crippen LogP contribution in [0.25, 0.3) is 4.96 Å². The van der Waals surface area contributed by atoms with E-state index in [1.807, 2.05) is 6.07 Å². The Kier molecular flexibility index (Phi) is 4.19. The van der Waals surface area contributed by atoms with Gasteiger partial charge in [0.15, 0.2) is 5.82 Å². The Morgan fingerprint density at radius 3 is 2.67 bits per heavy atom. The van der Waals surface area contributed by atoms with Crippen LogP contribution in [0.2, 0.25) is 0 Å². The molecule has 0 atom stereocenters. The molecule has 4 aromatic rings. The third-order valence-corrected chi connectivity index (χ3v) is 4.58. The molecule has 27 heavy (non-hydrogen) atoms. The van der Waals surface area contributed by atoms with Crippen LogP contribution in [0.5, 0.6) is 5.75 Å². The number of aromatic hydroxyl groups is 1. The number of anilines is 2. The summed E-state index contributed by atoms with van der Waals surface area (Å²) in [6.45, 7) is 0. The van der Waals surface area contributed by atoms with E-state index in [0.29, 0.717) is 22.3 Å². The second-order valence-electron chi connectivity index (χ2n) is 5.77. The number of aromatic nitrogens is 4. The average molecular weight is 391 g/mol. The highest BCUT2D eigenvalue weighted by Gasteiger charge is 2.30. The summed E-state index contributed by atoms with van der Waals surface area (Å²) in [5.41, 5.74) is 0.383. The predicted octanol–water partition coefficient (Wildman–Crippen LogP) is 4.24. The Morgan fingerprint density at radius 2 is 1.89 bits per heavy atom. The molecule has 0 saturated heterocycles. The number of halogens is 3. The van der Waals surface area contributed by atoms with Crippen LogP contribution in [0.3, 0.4) is 0 Å². The number of alkyl halides is 3. The fourth-order valence-electron chi connectivity index (χ4n) is 2.56. The van der Waals surface area contributed by atoms with E-state index in [2.05, 4.69) is 20.6 Å². The summed E-state index contributed by atoms with van der Waals surface area (Å²) in [5.74, 6) is 0.711. The van der Waals surface area contributed by atoms with Gasteiger partial charge in [0.2, 0.25) is 10.1 Å². The van der Waals surface area contributed by atoms with Crippen molar-refractivity contribution in [1.82, 2.24) is 19.8 Å². The van der Waals surface area contributed by atoms with Crippen LogP contribution in [-0.2, 0) is 12.6 Å². The zero-order chi connectivity index (χ0) is 19.0. The molecule has 0 amide bonds. The molecule has 0 spiro atoms. The van der Waals surface area contributed by atoms with Gasteiger partial charge in [-0.1, -0.05) is 29.5 Å². The molecule has 0 unspecified atom stereocenters. The van der Waals surface area contributed by atoms with Crippen LogP contribution < -0.4 is 5.32 Å². The number of fused-ring (bicyclic) bond motifs is 1. The van der Waals surface area contributed by atoms with Gasteiger partial charge in [-0.05, 0) is 35.9 Å². The molecule has 0 aliphatic carbocycles. The summed E-state index contributed by atoms with van der Waals surface area (Å²) in [5, 5.41) is 25.3.